The first-order valence-corrected chi connectivity index (χ1v) is 12.1. The van der Waals surface area contributed by atoms with Gasteiger partial charge in [0.2, 0.25) is 0 Å². The minimum Gasteiger partial charge on any atom is -0.453 e. The number of carbonyl (C=O) groups is 1. The predicted octanol–water partition coefficient (Wildman–Crippen LogP) is 4.34. The number of hydrogen-bond donors (Lipinski definition) is 1. The Bertz CT molecular complexity index is 1480. The molecule has 0 unspecified atom stereocenters. The quantitative estimate of drug-likeness (QED) is 0.397. The lowest BCUT2D eigenvalue weighted by Gasteiger charge is -2.17. The molecule has 0 aliphatic rings. The second-order valence-electron chi connectivity index (χ2n) is 8.73. The number of halogens is 2. The van der Waals surface area contributed by atoms with Gasteiger partial charge in [-0.3, -0.25) is 9.59 Å². The Morgan fingerprint density at radius 3 is 2.47 bits per heavy atom. The van der Waals surface area contributed by atoms with Crippen LogP contribution in [0, 0.1) is 41.3 Å². The molecule has 3 aromatic rings. The summed E-state index contributed by atoms with van der Waals surface area (Å²) in [6.07, 6.45) is 0.646. The molecule has 0 saturated carbocycles. The average Bonchev–Trinajstić information content (AvgIpc) is 2.92. The molecule has 0 saturated heterocycles. The van der Waals surface area contributed by atoms with E-state index in [0.29, 0.717) is 17.7 Å². The minimum absolute atomic E-state index is 0.0224. The van der Waals surface area contributed by atoms with E-state index in [1.165, 1.54) is 36.4 Å². The third-order valence-corrected chi connectivity index (χ3v) is 6.25. The molecule has 11 heteroatoms. The van der Waals surface area contributed by atoms with Gasteiger partial charge in [-0.15, -0.1) is 0 Å². The minimum atomic E-state index is -0.834. The first-order chi connectivity index (χ1) is 18.1. The molecule has 0 spiro atoms. The summed E-state index contributed by atoms with van der Waals surface area (Å²) in [7, 11) is 0. The van der Waals surface area contributed by atoms with Crippen LogP contribution in [0.25, 0.3) is 0 Å². The topological polar surface area (TPSA) is 144 Å². The number of aromatic nitrogens is 2. The van der Waals surface area contributed by atoms with Crippen LogP contribution < -0.4 is 16.0 Å². The molecule has 1 aromatic heterocycles. The number of esters is 1. The zero-order valence-electron chi connectivity index (χ0n) is 21.0. The van der Waals surface area contributed by atoms with Crippen molar-refractivity contribution < 1.29 is 18.7 Å². The Balaban J connectivity index is 1.87. The summed E-state index contributed by atoms with van der Waals surface area (Å²) in [6, 6.07) is 11.5. The maximum atomic E-state index is 15.5. The number of rotatable bonds is 9. The molecule has 0 radical (unpaired) electrons. The summed E-state index contributed by atoms with van der Waals surface area (Å²) in [6.45, 7) is 4.85. The maximum absolute atomic E-state index is 15.5. The Hall–Kier alpha value is -4.25. The van der Waals surface area contributed by atoms with Gasteiger partial charge in [0.05, 0.1) is 34.0 Å². The van der Waals surface area contributed by atoms with E-state index in [2.05, 4.69) is 5.10 Å². The lowest BCUT2D eigenvalue weighted by atomic mass is 10.0. The zero-order valence-corrected chi connectivity index (χ0v) is 21.8. The Morgan fingerprint density at radius 2 is 1.87 bits per heavy atom. The third-order valence-electron chi connectivity index (χ3n) is 5.95. The van der Waals surface area contributed by atoms with Crippen molar-refractivity contribution >= 4 is 17.6 Å². The number of hydrogen-bond acceptors (Lipinski definition) is 8. The largest absolute Gasteiger partial charge is 0.453 e. The average molecular weight is 538 g/mol. The molecule has 9 nitrogen and oxygen atoms in total. The van der Waals surface area contributed by atoms with E-state index in [4.69, 9.17) is 26.8 Å². The van der Waals surface area contributed by atoms with E-state index in [1.807, 2.05) is 26.0 Å². The molecule has 0 aliphatic carbocycles. The van der Waals surface area contributed by atoms with Gasteiger partial charge in [0, 0.05) is 12.0 Å². The Labute approximate surface area is 223 Å². The van der Waals surface area contributed by atoms with E-state index < -0.39 is 30.1 Å². The molecule has 0 bridgehead atoms. The van der Waals surface area contributed by atoms with Gasteiger partial charge >= 0.3 is 5.97 Å². The van der Waals surface area contributed by atoms with Crippen LogP contribution in [0.1, 0.15) is 48.2 Å². The van der Waals surface area contributed by atoms with E-state index in [0.717, 1.165) is 4.68 Å². The summed E-state index contributed by atoms with van der Waals surface area (Å²) in [5, 5.41) is 22.6. The number of carbonyl (C=O) groups excluding carboxylic acids is 1. The van der Waals surface area contributed by atoms with Gasteiger partial charge in [-0.05, 0) is 48.7 Å². The van der Waals surface area contributed by atoms with E-state index in [1.54, 1.807) is 6.92 Å². The normalized spacial score (nSPS) is 12.2. The fourth-order valence-electron chi connectivity index (χ4n) is 3.53. The summed E-state index contributed by atoms with van der Waals surface area (Å²) in [4.78, 5) is 24.8. The number of ether oxygens (including phenoxy) is 2. The van der Waals surface area contributed by atoms with Crippen molar-refractivity contribution in [1.29, 1.82) is 10.5 Å². The van der Waals surface area contributed by atoms with E-state index in [9.17, 15) is 20.1 Å². The molecule has 2 N–H and O–H groups in total. The van der Waals surface area contributed by atoms with Gasteiger partial charge in [0.15, 0.2) is 18.3 Å². The van der Waals surface area contributed by atoms with Crippen molar-refractivity contribution in [3.8, 4) is 23.6 Å². The van der Waals surface area contributed by atoms with Crippen LogP contribution in [-0.4, -0.2) is 21.8 Å². The van der Waals surface area contributed by atoms with Crippen molar-refractivity contribution in [3.63, 3.8) is 0 Å². The first-order valence-electron chi connectivity index (χ1n) is 11.7. The number of aryl methyl sites for hydroxylation is 1. The molecular weight excluding hydrogens is 513 g/mol. The van der Waals surface area contributed by atoms with Gasteiger partial charge in [-0.25, -0.2) is 4.39 Å². The summed E-state index contributed by atoms with van der Waals surface area (Å²) < 4.78 is 27.3. The number of benzene rings is 2. The highest BCUT2D eigenvalue weighted by Crippen LogP contribution is 2.35. The van der Waals surface area contributed by atoms with Gasteiger partial charge in [0.25, 0.3) is 5.56 Å². The van der Waals surface area contributed by atoms with Crippen molar-refractivity contribution in [2.24, 2.45) is 11.7 Å². The molecule has 0 aliphatic heterocycles. The number of nitrogens with two attached hydrogens (primary N) is 1. The third kappa shape index (κ3) is 6.54. The van der Waals surface area contributed by atoms with Gasteiger partial charge < -0.3 is 15.2 Å². The Kier molecular flexibility index (Phi) is 9.19. The summed E-state index contributed by atoms with van der Waals surface area (Å²) in [5.41, 5.74) is 6.56. The van der Waals surface area contributed by atoms with Crippen LogP contribution in [0.15, 0.2) is 41.2 Å². The van der Waals surface area contributed by atoms with Gasteiger partial charge in [-0.2, -0.15) is 20.3 Å². The lowest BCUT2D eigenvalue weighted by Crippen LogP contribution is -2.39. The molecule has 0 fully saturated rings. The molecule has 1 heterocycles. The highest BCUT2D eigenvalue weighted by molar-refractivity contribution is 6.32. The second-order valence-corrected chi connectivity index (χ2v) is 9.13. The molecule has 2 aromatic carbocycles. The Morgan fingerprint density at radius 1 is 1.21 bits per heavy atom. The van der Waals surface area contributed by atoms with Crippen LogP contribution in [0.3, 0.4) is 0 Å². The molecule has 38 heavy (non-hydrogen) atoms. The maximum Gasteiger partial charge on any atom is 0.324 e. The van der Waals surface area contributed by atoms with Crippen molar-refractivity contribution in [2.75, 3.05) is 0 Å². The van der Waals surface area contributed by atoms with Crippen LogP contribution in [-0.2, 0) is 22.7 Å². The summed E-state index contributed by atoms with van der Waals surface area (Å²) >= 11 is 6.19. The highest BCUT2D eigenvalue weighted by atomic mass is 35.5. The number of nitriles is 2. The van der Waals surface area contributed by atoms with Crippen molar-refractivity contribution in [3.05, 3.63) is 85.5 Å². The van der Waals surface area contributed by atoms with Gasteiger partial charge in [-0.1, -0.05) is 37.9 Å². The molecule has 196 valence electrons. The molecule has 0 amide bonds. The number of nitrogens with zero attached hydrogens (tertiary/aromatic N) is 4. The summed E-state index contributed by atoms with van der Waals surface area (Å²) in [5.74, 6) is -1.75. The predicted molar refractivity (Wildman–Crippen MR) is 137 cm³/mol. The first kappa shape index (κ1) is 28.3. The molecular formula is C27H25ClFN5O4. The monoisotopic (exact) mass is 537 g/mol. The fraction of sp³-hybridized carbons (Fsp3) is 0.296. The SMILES string of the molecule is CC[C@@H](C)[C@@H](N)C(=O)OCn1nc(Cc2ccc(Cl)c(Oc3cc(C#N)cc(C#N)c3)c2F)cc(C)c1=O. The van der Waals surface area contributed by atoms with Crippen LogP contribution in [0.2, 0.25) is 5.02 Å². The van der Waals surface area contributed by atoms with E-state index >= 15 is 4.39 Å². The highest BCUT2D eigenvalue weighted by Gasteiger charge is 2.22. The van der Waals surface area contributed by atoms with Crippen LogP contribution in [0.4, 0.5) is 4.39 Å². The van der Waals surface area contributed by atoms with Crippen molar-refractivity contribution in [1.82, 2.24) is 9.78 Å². The second kappa shape index (κ2) is 12.3. The van der Waals surface area contributed by atoms with E-state index in [-0.39, 0.29) is 45.6 Å². The standard InChI is InChI=1S/C27H25ClFN5O4/c1-4-15(2)24(32)27(36)37-14-34-26(35)16(3)7-20(33-34)11-19-5-6-22(28)25(23(19)29)38-21-9-17(12-30)8-18(10-21)13-31/h5-10,15,24H,4,11,14,32H2,1-3H3/t15-,24-/m1/s1. The fourth-order valence-corrected chi connectivity index (χ4v) is 3.71. The van der Waals surface area contributed by atoms with Crippen LogP contribution >= 0.6 is 11.6 Å². The van der Waals surface area contributed by atoms with Gasteiger partial charge in [0.1, 0.15) is 11.8 Å². The lowest BCUT2D eigenvalue weighted by molar-refractivity contribution is -0.151. The van der Waals surface area contributed by atoms with Crippen LogP contribution in [0.5, 0.6) is 11.5 Å². The molecule has 3 rings (SSSR count). The molecule has 2 atom stereocenters. The zero-order chi connectivity index (χ0) is 28.0. The van der Waals surface area contributed by atoms with Crippen molar-refractivity contribution in [2.45, 2.75) is 46.4 Å². The smallest absolute Gasteiger partial charge is 0.324 e.